The number of hydrogen-bond donors (Lipinski definition) is 2. The summed E-state index contributed by atoms with van der Waals surface area (Å²) in [6, 6.07) is 0. The minimum atomic E-state index is -1.13. The van der Waals surface area contributed by atoms with E-state index in [9.17, 15) is 9.59 Å². The predicted molar refractivity (Wildman–Crippen MR) is 60.1 cm³/mol. The van der Waals surface area contributed by atoms with Crippen LogP contribution in [0.1, 0.15) is 20.3 Å². The summed E-state index contributed by atoms with van der Waals surface area (Å²) < 4.78 is 5.31. The van der Waals surface area contributed by atoms with E-state index in [1.165, 1.54) is 0 Å². The average molecular weight is 229 g/mol. The first-order valence-electron chi connectivity index (χ1n) is 5.29. The third-order valence-corrected chi connectivity index (χ3v) is 1.59. The van der Waals surface area contributed by atoms with Crippen molar-refractivity contribution >= 4 is 11.9 Å². The van der Waals surface area contributed by atoms with Gasteiger partial charge in [0.05, 0.1) is 0 Å². The summed E-state index contributed by atoms with van der Waals surface area (Å²) >= 11 is 0. The van der Waals surface area contributed by atoms with Crippen LogP contribution < -0.4 is 5.32 Å². The van der Waals surface area contributed by atoms with Gasteiger partial charge in [-0.3, -0.25) is 4.79 Å². The van der Waals surface area contributed by atoms with Crippen LogP contribution in [0.4, 0.5) is 0 Å². The molecule has 0 saturated heterocycles. The number of carbonyl (C=O) groups is 2. The second kappa shape index (κ2) is 8.91. The summed E-state index contributed by atoms with van der Waals surface area (Å²) in [4.78, 5) is 21.1. The van der Waals surface area contributed by atoms with E-state index in [1.807, 2.05) is 0 Å². The summed E-state index contributed by atoms with van der Waals surface area (Å²) in [6.07, 6.45) is 2.53. The van der Waals surface area contributed by atoms with Gasteiger partial charge in [-0.05, 0) is 12.3 Å². The molecule has 0 aromatic rings. The van der Waals surface area contributed by atoms with Crippen LogP contribution in [-0.4, -0.2) is 36.7 Å². The molecule has 5 nitrogen and oxygen atoms in total. The summed E-state index contributed by atoms with van der Waals surface area (Å²) in [6.45, 7) is 5.94. The molecule has 92 valence electrons. The van der Waals surface area contributed by atoms with Gasteiger partial charge in [-0.25, -0.2) is 4.79 Å². The largest absolute Gasteiger partial charge is 0.478 e. The van der Waals surface area contributed by atoms with Crippen molar-refractivity contribution in [3.8, 4) is 0 Å². The highest BCUT2D eigenvalue weighted by Crippen LogP contribution is 1.92. The number of carbonyl (C=O) groups excluding carboxylic acids is 1. The molecule has 2 N–H and O–H groups in total. The zero-order chi connectivity index (χ0) is 12.4. The quantitative estimate of drug-likeness (QED) is 0.477. The lowest BCUT2D eigenvalue weighted by molar-refractivity contribution is -0.131. The number of amides is 1. The van der Waals surface area contributed by atoms with Crippen LogP contribution in [0.25, 0.3) is 0 Å². The van der Waals surface area contributed by atoms with Crippen molar-refractivity contribution in [2.45, 2.75) is 20.3 Å². The fourth-order valence-corrected chi connectivity index (χ4v) is 0.911. The fraction of sp³-hybridized carbons (Fsp3) is 0.636. The first kappa shape index (κ1) is 14.6. The maximum Gasteiger partial charge on any atom is 0.328 e. The van der Waals surface area contributed by atoms with E-state index in [0.717, 1.165) is 18.6 Å². The lowest BCUT2D eigenvalue weighted by Crippen LogP contribution is -2.23. The van der Waals surface area contributed by atoms with E-state index >= 15 is 0 Å². The molecule has 5 heteroatoms. The Kier molecular flexibility index (Phi) is 8.15. The first-order valence-corrected chi connectivity index (χ1v) is 5.29. The van der Waals surface area contributed by atoms with E-state index in [4.69, 9.17) is 9.84 Å². The van der Waals surface area contributed by atoms with Gasteiger partial charge in [-0.1, -0.05) is 13.8 Å². The number of carboxylic acids is 1. The lowest BCUT2D eigenvalue weighted by Gasteiger charge is -2.06. The van der Waals surface area contributed by atoms with Gasteiger partial charge in [-0.2, -0.15) is 0 Å². The summed E-state index contributed by atoms with van der Waals surface area (Å²) in [7, 11) is 0. The van der Waals surface area contributed by atoms with Gasteiger partial charge in [0.25, 0.3) is 0 Å². The van der Waals surface area contributed by atoms with E-state index < -0.39 is 11.9 Å². The van der Waals surface area contributed by atoms with Gasteiger partial charge in [-0.15, -0.1) is 0 Å². The predicted octanol–water partition coefficient (Wildman–Crippen LogP) is 0.806. The van der Waals surface area contributed by atoms with Crippen molar-refractivity contribution in [3.63, 3.8) is 0 Å². The van der Waals surface area contributed by atoms with E-state index in [-0.39, 0.29) is 0 Å². The average Bonchev–Trinajstić information content (AvgIpc) is 2.19. The SMILES string of the molecule is CC(C)COCCCNC(=O)/C=C/C(=O)O. The van der Waals surface area contributed by atoms with Gasteiger partial charge in [0, 0.05) is 31.9 Å². The molecule has 16 heavy (non-hydrogen) atoms. The molecule has 0 fully saturated rings. The normalized spacial score (nSPS) is 10.9. The molecule has 0 aromatic heterocycles. The van der Waals surface area contributed by atoms with E-state index in [2.05, 4.69) is 19.2 Å². The monoisotopic (exact) mass is 229 g/mol. The zero-order valence-corrected chi connectivity index (χ0v) is 9.73. The highest BCUT2D eigenvalue weighted by molar-refractivity contribution is 5.93. The van der Waals surface area contributed by atoms with Crippen LogP contribution in [0.2, 0.25) is 0 Å². The van der Waals surface area contributed by atoms with E-state index in [1.54, 1.807) is 0 Å². The van der Waals surface area contributed by atoms with Gasteiger partial charge >= 0.3 is 5.97 Å². The molecule has 0 atom stereocenters. The second-order valence-corrected chi connectivity index (χ2v) is 3.78. The van der Waals surface area contributed by atoms with Crippen molar-refractivity contribution in [1.82, 2.24) is 5.32 Å². The molecule has 0 spiro atoms. The van der Waals surface area contributed by atoms with Crippen molar-refractivity contribution in [1.29, 1.82) is 0 Å². The highest BCUT2D eigenvalue weighted by Gasteiger charge is 1.97. The molecular weight excluding hydrogens is 210 g/mol. The van der Waals surface area contributed by atoms with Crippen molar-refractivity contribution in [3.05, 3.63) is 12.2 Å². The summed E-state index contributed by atoms with van der Waals surface area (Å²) in [5.74, 6) is -1.02. The second-order valence-electron chi connectivity index (χ2n) is 3.78. The molecule has 0 saturated carbocycles. The molecule has 0 aliphatic heterocycles. The Morgan fingerprint density at radius 1 is 1.38 bits per heavy atom. The zero-order valence-electron chi connectivity index (χ0n) is 9.73. The van der Waals surface area contributed by atoms with E-state index in [0.29, 0.717) is 25.7 Å². The summed E-state index contributed by atoms with van der Waals surface area (Å²) in [5.41, 5.74) is 0. The molecule has 0 aliphatic carbocycles. The minimum absolute atomic E-state index is 0.397. The Bertz CT molecular complexity index is 248. The van der Waals surface area contributed by atoms with Crippen LogP contribution in [0.3, 0.4) is 0 Å². The van der Waals surface area contributed by atoms with Crippen LogP contribution in [0.15, 0.2) is 12.2 Å². The number of rotatable bonds is 8. The number of hydrogen-bond acceptors (Lipinski definition) is 3. The standard InChI is InChI=1S/C11H19NO4/c1-9(2)8-16-7-3-6-12-10(13)4-5-11(14)15/h4-5,9H,3,6-8H2,1-2H3,(H,12,13)(H,14,15)/b5-4+. The Morgan fingerprint density at radius 2 is 2.06 bits per heavy atom. The van der Waals surface area contributed by atoms with Gasteiger partial charge < -0.3 is 15.2 Å². The van der Waals surface area contributed by atoms with Crippen LogP contribution in [0, 0.1) is 5.92 Å². The van der Waals surface area contributed by atoms with Crippen LogP contribution >= 0.6 is 0 Å². The topological polar surface area (TPSA) is 75.6 Å². The first-order chi connectivity index (χ1) is 7.52. The van der Waals surface area contributed by atoms with Gasteiger partial charge in [0.15, 0.2) is 0 Å². The Balaban J connectivity index is 3.38. The number of carboxylic acid groups (broad SMARTS) is 1. The molecular formula is C11H19NO4. The Hall–Kier alpha value is -1.36. The summed E-state index contributed by atoms with van der Waals surface area (Å²) in [5, 5.41) is 10.8. The highest BCUT2D eigenvalue weighted by atomic mass is 16.5. The maximum atomic E-state index is 11.0. The third-order valence-electron chi connectivity index (χ3n) is 1.59. The number of nitrogens with one attached hydrogen (secondary N) is 1. The number of ether oxygens (including phenoxy) is 1. The molecule has 0 rings (SSSR count). The minimum Gasteiger partial charge on any atom is -0.478 e. The van der Waals surface area contributed by atoms with Gasteiger partial charge in [0.1, 0.15) is 0 Å². The smallest absolute Gasteiger partial charge is 0.328 e. The molecule has 0 aromatic carbocycles. The molecule has 0 bridgehead atoms. The maximum absolute atomic E-state index is 11.0. The molecule has 0 aliphatic rings. The number of aliphatic carboxylic acids is 1. The van der Waals surface area contributed by atoms with Crippen molar-refractivity contribution < 1.29 is 19.4 Å². The molecule has 0 radical (unpaired) electrons. The van der Waals surface area contributed by atoms with Crippen molar-refractivity contribution in [2.75, 3.05) is 19.8 Å². The lowest BCUT2D eigenvalue weighted by atomic mass is 10.2. The van der Waals surface area contributed by atoms with Crippen LogP contribution in [0.5, 0.6) is 0 Å². The Labute approximate surface area is 95.5 Å². The molecule has 1 amide bonds. The third kappa shape index (κ3) is 10.7. The van der Waals surface area contributed by atoms with Gasteiger partial charge in [0.2, 0.25) is 5.91 Å². The van der Waals surface area contributed by atoms with Crippen molar-refractivity contribution in [2.24, 2.45) is 5.92 Å². The molecule has 0 unspecified atom stereocenters. The molecule has 0 heterocycles. The van der Waals surface area contributed by atoms with Crippen LogP contribution in [-0.2, 0) is 14.3 Å². The fourth-order valence-electron chi connectivity index (χ4n) is 0.911. The Morgan fingerprint density at radius 3 is 2.62 bits per heavy atom.